The lowest BCUT2D eigenvalue weighted by atomic mass is 10.1. The second kappa shape index (κ2) is 6.96. The average Bonchev–Trinajstić information content (AvgIpc) is 3.44. The molecule has 1 atom stereocenters. The van der Waals surface area contributed by atoms with Crippen LogP contribution < -0.4 is 5.32 Å². The molecule has 0 radical (unpaired) electrons. The van der Waals surface area contributed by atoms with Gasteiger partial charge in [-0.25, -0.2) is 18.7 Å². The van der Waals surface area contributed by atoms with Crippen molar-refractivity contribution in [3.05, 3.63) is 52.9 Å². The van der Waals surface area contributed by atoms with Crippen molar-refractivity contribution in [1.29, 1.82) is 5.26 Å². The van der Waals surface area contributed by atoms with Gasteiger partial charge < -0.3 is 10.3 Å². The molecule has 142 valence electrons. The van der Waals surface area contributed by atoms with Crippen molar-refractivity contribution in [2.24, 2.45) is 5.92 Å². The van der Waals surface area contributed by atoms with Crippen molar-refractivity contribution in [1.82, 2.24) is 25.3 Å². The number of nitriles is 1. The smallest absolute Gasteiger partial charge is 0.281 e. The molecule has 1 aliphatic carbocycles. The molecule has 1 aliphatic rings. The van der Waals surface area contributed by atoms with E-state index < -0.39 is 18.0 Å². The van der Waals surface area contributed by atoms with E-state index in [1.807, 2.05) is 6.92 Å². The monoisotopic (exact) mass is 382 g/mol. The number of fused-ring (bicyclic) bond motifs is 1. The van der Waals surface area contributed by atoms with E-state index in [-0.39, 0.29) is 17.7 Å². The predicted molar refractivity (Wildman–Crippen MR) is 95.5 cm³/mol. The Kier molecular flexibility index (Phi) is 4.47. The molecule has 0 unspecified atom stereocenters. The highest BCUT2D eigenvalue weighted by Crippen LogP contribution is 2.41. The first-order valence-corrected chi connectivity index (χ1v) is 8.78. The fourth-order valence-electron chi connectivity index (χ4n) is 3.12. The molecule has 0 bridgehead atoms. The minimum Gasteiger partial charge on any atom is -0.340 e. The molecule has 2 aromatic heterocycles. The molecule has 9 heteroatoms. The molecule has 1 saturated carbocycles. The summed E-state index contributed by atoms with van der Waals surface area (Å²) in [6.45, 7) is 1.83. The zero-order valence-corrected chi connectivity index (χ0v) is 14.9. The van der Waals surface area contributed by atoms with Crippen LogP contribution in [-0.2, 0) is 0 Å². The number of amides is 1. The van der Waals surface area contributed by atoms with Crippen LogP contribution in [0.3, 0.4) is 0 Å². The van der Waals surface area contributed by atoms with Crippen molar-refractivity contribution >= 4 is 16.9 Å². The van der Waals surface area contributed by atoms with E-state index in [0.717, 1.165) is 36.3 Å². The Morgan fingerprint density at radius 2 is 2.11 bits per heavy atom. The summed E-state index contributed by atoms with van der Waals surface area (Å²) >= 11 is 0. The summed E-state index contributed by atoms with van der Waals surface area (Å²) < 4.78 is 25.2. The predicted octanol–water partition coefficient (Wildman–Crippen LogP) is 3.35. The number of benzene rings is 1. The van der Waals surface area contributed by atoms with Gasteiger partial charge in [-0.1, -0.05) is 0 Å². The summed E-state index contributed by atoms with van der Waals surface area (Å²) in [6.07, 6.45) is 1.10. The van der Waals surface area contributed by atoms with Gasteiger partial charge in [0, 0.05) is 0 Å². The van der Waals surface area contributed by atoms with E-state index in [4.69, 9.17) is 0 Å². The quantitative estimate of drug-likeness (QED) is 0.704. The van der Waals surface area contributed by atoms with Crippen LogP contribution >= 0.6 is 0 Å². The van der Waals surface area contributed by atoms with Crippen molar-refractivity contribution < 1.29 is 13.6 Å². The summed E-state index contributed by atoms with van der Waals surface area (Å²) in [5.41, 5.74) is 2.29. The molecule has 4 rings (SSSR count). The Bertz CT molecular complexity index is 1080. The van der Waals surface area contributed by atoms with Gasteiger partial charge in [0.05, 0.1) is 41.1 Å². The molecule has 28 heavy (non-hydrogen) atoms. The average molecular weight is 382 g/mol. The van der Waals surface area contributed by atoms with Crippen molar-refractivity contribution in [2.45, 2.75) is 32.2 Å². The minimum atomic E-state index is -2.74. The fourth-order valence-corrected chi connectivity index (χ4v) is 3.12. The Balaban J connectivity index is 1.61. The van der Waals surface area contributed by atoms with Crippen LogP contribution in [-0.4, -0.2) is 25.8 Å². The number of carbonyl (C=O) groups excluding carboxylic acids is 1. The van der Waals surface area contributed by atoms with Gasteiger partial charge in [-0.2, -0.15) is 5.26 Å². The van der Waals surface area contributed by atoms with Crippen LogP contribution in [0.4, 0.5) is 8.78 Å². The molecule has 7 nitrogen and oxygen atoms in total. The van der Waals surface area contributed by atoms with Crippen molar-refractivity contribution in [3.8, 4) is 6.07 Å². The number of aryl methyl sites for hydroxylation is 1. The van der Waals surface area contributed by atoms with E-state index in [1.54, 1.807) is 12.1 Å². The standard InChI is InChI=1S/C19H16F2N6O/c1-9-11(6-22)4-5-12-15(9)26-18(25-12)16(10-2-3-10)27-19(28)14-8-23-13(7-24-14)17(20)21/h4-5,7-8,10,16-17H,2-3H2,1H3,(H,25,26)(H,27,28)/t16-/m0/s1. The molecule has 0 aliphatic heterocycles. The Morgan fingerprint density at radius 1 is 1.32 bits per heavy atom. The zero-order chi connectivity index (χ0) is 19.8. The third-order valence-electron chi connectivity index (χ3n) is 4.85. The Labute approximate surface area is 158 Å². The maximum absolute atomic E-state index is 12.6. The van der Waals surface area contributed by atoms with Gasteiger partial charge in [-0.3, -0.25) is 9.78 Å². The summed E-state index contributed by atoms with van der Waals surface area (Å²) in [5, 5.41) is 12.1. The molecule has 1 amide bonds. The largest absolute Gasteiger partial charge is 0.340 e. The second-order valence-electron chi connectivity index (χ2n) is 6.78. The maximum atomic E-state index is 12.6. The molecule has 3 aromatic rings. The number of hydrogen-bond acceptors (Lipinski definition) is 5. The molecular weight excluding hydrogens is 366 g/mol. The van der Waals surface area contributed by atoms with Gasteiger partial charge in [0.2, 0.25) is 0 Å². The van der Waals surface area contributed by atoms with Gasteiger partial charge in [-0.15, -0.1) is 0 Å². The number of carbonyl (C=O) groups is 1. The first-order chi connectivity index (χ1) is 13.5. The summed E-state index contributed by atoms with van der Waals surface area (Å²) in [4.78, 5) is 27.7. The van der Waals surface area contributed by atoms with Gasteiger partial charge in [0.15, 0.2) is 0 Å². The number of alkyl halides is 2. The lowest BCUT2D eigenvalue weighted by molar-refractivity contribution is 0.0923. The van der Waals surface area contributed by atoms with Crippen LogP contribution in [0.2, 0.25) is 0 Å². The highest BCUT2D eigenvalue weighted by Gasteiger charge is 2.36. The maximum Gasteiger partial charge on any atom is 0.281 e. The minimum absolute atomic E-state index is 0.0332. The van der Waals surface area contributed by atoms with Crippen LogP contribution in [0, 0.1) is 24.2 Å². The number of nitrogens with zero attached hydrogens (tertiary/aromatic N) is 4. The SMILES string of the molecule is Cc1c(C#N)ccc2[nH]c([C@@H](NC(=O)c3cnc(C(F)F)cn3)C3CC3)nc12. The van der Waals surface area contributed by atoms with Crippen LogP contribution in [0.5, 0.6) is 0 Å². The van der Waals surface area contributed by atoms with Gasteiger partial charge in [-0.05, 0) is 43.4 Å². The van der Waals surface area contributed by atoms with Gasteiger partial charge >= 0.3 is 0 Å². The lowest BCUT2D eigenvalue weighted by Crippen LogP contribution is -2.31. The number of aromatic nitrogens is 4. The number of rotatable bonds is 5. The zero-order valence-electron chi connectivity index (χ0n) is 14.9. The molecule has 0 spiro atoms. The van der Waals surface area contributed by atoms with E-state index in [1.165, 1.54) is 0 Å². The van der Waals surface area contributed by atoms with E-state index in [2.05, 4.69) is 31.3 Å². The first kappa shape index (κ1) is 18.0. The second-order valence-corrected chi connectivity index (χ2v) is 6.78. The summed E-state index contributed by atoms with van der Waals surface area (Å²) in [7, 11) is 0. The number of hydrogen-bond donors (Lipinski definition) is 2. The van der Waals surface area contributed by atoms with Gasteiger partial charge in [0.25, 0.3) is 12.3 Å². The normalized spacial score (nSPS) is 14.8. The third-order valence-corrected chi connectivity index (χ3v) is 4.85. The fraction of sp³-hybridized carbons (Fsp3) is 0.316. The Morgan fingerprint density at radius 3 is 2.71 bits per heavy atom. The van der Waals surface area contributed by atoms with Crippen molar-refractivity contribution in [3.63, 3.8) is 0 Å². The number of nitrogens with one attached hydrogen (secondary N) is 2. The van der Waals surface area contributed by atoms with Crippen LogP contribution in [0.1, 0.15) is 58.4 Å². The molecule has 1 aromatic carbocycles. The summed E-state index contributed by atoms with van der Waals surface area (Å²) in [6, 6.07) is 5.29. The Hall–Kier alpha value is -3.41. The molecular formula is C19H16F2N6O. The van der Waals surface area contributed by atoms with Gasteiger partial charge in [0.1, 0.15) is 17.2 Å². The summed E-state index contributed by atoms with van der Waals surface area (Å²) in [5.74, 6) is 0.329. The van der Waals surface area contributed by atoms with E-state index >= 15 is 0 Å². The molecule has 2 N–H and O–H groups in total. The first-order valence-electron chi connectivity index (χ1n) is 8.78. The van der Waals surface area contributed by atoms with Crippen LogP contribution in [0.25, 0.3) is 11.0 Å². The number of H-pyrrole nitrogens is 1. The third kappa shape index (κ3) is 3.29. The molecule has 2 heterocycles. The van der Waals surface area contributed by atoms with Crippen molar-refractivity contribution in [2.75, 3.05) is 0 Å². The number of imidazole rings is 1. The highest BCUT2D eigenvalue weighted by atomic mass is 19.3. The van der Waals surface area contributed by atoms with E-state index in [0.29, 0.717) is 16.9 Å². The number of halogens is 2. The molecule has 1 fully saturated rings. The topological polar surface area (TPSA) is 107 Å². The number of aromatic amines is 1. The van der Waals surface area contributed by atoms with E-state index in [9.17, 15) is 18.8 Å². The van der Waals surface area contributed by atoms with Crippen LogP contribution in [0.15, 0.2) is 24.5 Å². The lowest BCUT2D eigenvalue weighted by Gasteiger charge is -2.15. The highest BCUT2D eigenvalue weighted by molar-refractivity contribution is 5.92. The molecule has 0 saturated heterocycles.